The predicted octanol–water partition coefficient (Wildman–Crippen LogP) is 6.07. The van der Waals surface area contributed by atoms with Crippen LogP contribution >= 0.6 is 94.1 Å². The maximum atomic E-state index is 9.16. The van der Waals surface area contributed by atoms with Gasteiger partial charge >= 0.3 is 0 Å². The number of aliphatic hydroxyl groups excluding tert-OH is 2. The van der Waals surface area contributed by atoms with Crippen molar-refractivity contribution in [1.82, 2.24) is 0 Å². The molecule has 0 saturated carbocycles. The molecule has 0 aromatic rings. The molecule has 0 fully saturated rings. The van der Waals surface area contributed by atoms with Gasteiger partial charge in [-0.3, -0.25) is 0 Å². The summed E-state index contributed by atoms with van der Waals surface area (Å²) in [6.07, 6.45) is 1.05. The first kappa shape index (κ1) is 25.2. The molecule has 0 radical (unpaired) electrons. The fraction of sp³-hybridized carbons (Fsp3) is 0.500. The standard InChI is InChI=1S/C16H18N2O2S8/c17-3-1-7-21-11-12(22-8-2-4-18)26-15(25-11)16-27-13(23-9-5-19)14(28-16)24-10-6-20/h19-20H,1-2,5-10H2. The second-order valence-corrected chi connectivity index (χ2v) is 14.8. The molecular weight excluding hydrogens is 509 g/mol. The lowest BCUT2D eigenvalue weighted by molar-refractivity contribution is 0.322. The molecule has 2 aliphatic heterocycles. The van der Waals surface area contributed by atoms with Gasteiger partial charge in [0, 0.05) is 35.9 Å². The molecule has 2 rings (SSSR count). The van der Waals surface area contributed by atoms with Gasteiger partial charge < -0.3 is 10.2 Å². The summed E-state index contributed by atoms with van der Waals surface area (Å²) in [4.78, 5) is 0. The molecule has 12 heteroatoms. The molecule has 2 aliphatic rings. The Balaban J connectivity index is 2.08. The summed E-state index contributed by atoms with van der Waals surface area (Å²) in [6, 6.07) is 4.39. The molecule has 2 N–H and O–H groups in total. The average molecular weight is 527 g/mol. The van der Waals surface area contributed by atoms with E-state index in [0.29, 0.717) is 24.3 Å². The molecule has 4 nitrogen and oxygen atoms in total. The zero-order chi connectivity index (χ0) is 20.2. The Morgan fingerprint density at radius 2 is 0.929 bits per heavy atom. The van der Waals surface area contributed by atoms with Crippen molar-refractivity contribution in [3.05, 3.63) is 25.4 Å². The van der Waals surface area contributed by atoms with Crippen molar-refractivity contribution in [3.63, 3.8) is 0 Å². The first-order valence-electron chi connectivity index (χ1n) is 8.14. The molecule has 0 bridgehead atoms. The summed E-state index contributed by atoms with van der Waals surface area (Å²) >= 11 is 13.8. The van der Waals surface area contributed by atoms with Gasteiger partial charge in [-0.2, -0.15) is 10.5 Å². The number of aliphatic hydroxyl groups is 2. The van der Waals surface area contributed by atoms with Gasteiger partial charge in [-0.15, -0.1) is 47.0 Å². The highest BCUT2D eigenvalue weighted by atomic mass is 32.3. The second kappa shape index (κ2) is 14.8. The van der Waals surface area contributed by atoms with Crippen molar-refractivity contribution < 1.29 is 10.2 Å². The minimum absolute atomic E-state index is 0.146. The molecule has 28 heavy (non-hydrogen) atoms. The van der Waals surface area contributed by atoms with E-state index in [2.05, 4.69) is 12.1 Å². The van der Waals surface area contributed by atoms with Crippen molar-refractivity contribution in [2.45, 2.75) is 12.8 Å². The fourth-order valence-corrected chi connectivity index (χ4v) is 13.2. The molecule has 0 amide bonds. The van der Waals surface area contributed by atoms with Crippen molar-refractivity contribution >= 4 is 94.1 Å². The summed E-state index contributed by atoms with van der Waals surface area (Å²) in [7, 11) is 0. The van der Waals surface area contributed by atoms with E-state index in [1.165, 1.54) is 25.4 Å². The highest BCUT2D eigenvalue weighted by molar-refractivity contribution is 8.45. The Kier molecular flexibility index (Phi) is 13.4. The van der Waals surface area contributed by atoms with E-state index < -0.39 is 0 Å². The molecule has 0 unspecified atom stereocenters. The molecule has 2 heterocycles. The average Bonchev–Trinajstić information content (AvgIpc) is 3.29. The van der Waals surface area contributed by atoms with Crippen LogP contribution in [0.5, 0.6) is 0 Å². The Morgan fingerprint density at radius 3 is 1.21 bits per heavy atom. The highest BCUT2D eigenvalue weighted by Gasteiger charge is 2.30. The number of hydrogen-bond acceptors (Lipinski definition) is 12. The van der Waals surface area contributed by atoms with E-state index in [-0.39, 0.29) is 13.2 Å². The van der Waals surface area contributed by atoms with Gasteiger partial charge in [-0.05, 0) is 0 Å². The Hall–Kier alpha value is 0.920. The topological polar surface area (TPSA) is 88.0 Å². The molecule has 0 aliphatic carbocycles. The van der Waals surface area contributed by atoms with E-state index in [4.69, 9.17) is 20.7 Å². The first-order valence-corrected chi connectivity index (χ1v) is 15.3. The van der Waals surface area contributed by atoms with Crippen molar-refractivity contribution in [2.24, 2.45) is 0 Å². The van der Waals surface area contributed by atoms with Crippen LogP contribution in [0.2, 0.25) is 0 Å². The van der Waals surface area contributed by atoms with Gasteiger partial charge in [0.25, 0.3) is 0 Å². The third-order valence-electron chi connectivity index (χ3n) is 2.78. The third kappa shape index (κ3) is 8.22. The van der Waals surface area contributed by atoms with Gasteiger partial charge in [0.05, 0.1) is 50.8 Å². The predicted molar refractivity (Wildman–Crippen MR) is 136 cm³/mol. The van der Waals surface area contributed by atoms with Gasteiger partial charge in [0.2, 0.25) is 0 Å². The third-order valence-corrected chi connectivity index (χ3v) is 14.3. The van der Waals surface area contributed by atoms with E-state index >= 15 is 0 Å². The second-order valence-electron chi connectivity index (χ2n) is 4.79. The van der Waals surface area contributed by atoms with Crippen molar-refractivity contribution in [3.8, 4) is 12.1 Å². The summed E-state index contributed by atoms with van der Waals surface area (Å²) in [5.74, 6) is 2.88. The number of hydrogen-bond donors (Lipinski definition) is 2. The molecule has 152 valence electrons. The van der Waals surface area contributed by atoms with Crippen LogP contribution in [-0.4, -0.2) is 46.4 Å². The Bertz CT molecular complexity index is 667. The minimum Gasteiger partial charge on any atom is -0.396 e. The summed E-state index contributed by atoms with van der Waals surface area (Å²) in [5, 5.41) is 35.9. The smallest absolute Gasteiger partial charge is 0.0717 e. The van der Waals surface area contributed by atoms with Crippen LogP contribution in [0.3, 0.4) is 0 Å². The van der Waals surface area contributed by atoms with Crippen LogP contribution in [0.1, 0.15) is 12.8 Å². The van der Waals surface area contributed by atoms with E-state index in [1.807, 2.05) is 0 Å². The van der Waals surface area contributed by atoms with E-state index in [9.17, 15) is 0 Å². The molecule has 0 aromatic carbocycles. The maximum Gasteiger partial charge on any atom is 0.0717 e. The molecule has 0 atom stereocenters. The van der Waals surface area contributed by atoms with Crippen LogP contribution < -0.4 is 0 Å². The van der Waals surface area contributed by atoms with E-state index in [0.717, 1.165) is 11.5 Å². The Morgan fingerprint density at radius 1 is 0.607 bits per heavy atom. The molecule has 0 saturated heterocycles. The number of thioether (sulfide) groups is 8. The first-order chi connectivity index (χ1) is 13.7. The van der Waals surface area contributed by atoms with Crippen LogP contribution in [0.15, 0.2) is 25.4 Å². The number of nitriles is 2. The van der Waals surface area contributed by atoms with Crippen LogP contribution in [0, 0.1) is 22.7 Å². The Labute approximate surface area is 199 Å². The van der Waals surface area contributed by atoms with Crippen molar-refractivity contribution in [2.75, 3.05) is 36.2 Å². The highest BCUT2D eigenvalue weighted by Crippen LogP contribution is 2.66. The number of nitrogens with zero attached hydrogens (tertiary/aromatic N) is 2. The van der Waals surface area contributed by atoms with Crippen molar-refractivity contribution in [1.29, 1.82) is 10.5 Å². The SMILES string of the molecule is N#CCCSC1=C(SCCC#N)SC(=C2SC(SCCO)=C(SCCO)S2)S1. The summed E-state index contributed by atoms with van der Waals surface area (Å²) in [6.45, 7) is 0.293. The molecular formula is C16H18N2O2S8. The van der Waals surface area contributed by atoms with E-state index in [1.54, 1.807) is 94.1 Å². The zero-order valence-electron chi connectivity index (χ0n) is 14.7. The van der Waals surface area contributed by atoms with Gasteiger partial charge in [0.1, 0.15) is 0 Å². The van der Waals surface area contributed by atoms with Crippen LogP contribution in [0.4, 0.5) is 0 Å². The maximum absolute atomic E-state index is 9.16. The fourth-order valence-electron chi connectivity index (χ4n) is 1.72. The monoisotopic (exact) mass is 526 g/mol. The van der Waals surface area contributed by atoms with Crippen LogP contribution in [0.25, 0.3) is 0 Å². The molecule has 0 aromatic heterocycles. The summed E-state index contributed by atoms with van der Waals surface area (Å²) in [5.41, 5.74) is 0. The minimum atomic E-state index is 0.146. The van der Waals surface area contributed by atoms with Gasteiger partial charge in [-0.25, -0.2) is 0 Å². The van der Waals surface area contributed by atoms with Gasteiger partial charge in [0.15, 0.2) is 0 Å². The largest absolute Gasteiger partial charge is 0.396 e. The lowest BCUT2D eigenvalue weighted by atomic mass is 10.6. The quantitative estimate of drug-likeness (QED) is 0.289. The normalized spacial score (nSPS) is 16.9. The number of rotatable bonds is 12. The lowest BCUT2D eigenvalue weighted by Gasteiger charge is -2.02. The zero-order valence-corrected chi connectivity index (χ0v) is 21.2. The molecule has 0 spiro atoms. The van der Waals surface area contributed by atoms with Gasteiger partial charge in [-0.1, -0.05) is 47.0 Å². The summed E-state index contributed by atoms with van der Waals surface area (Å²) < 4.78 is 7.34. The van der Waals surface area contributed by atoms with Crippen LogP contribution in [-0.2, 0) is 0 Å². The lowest BCUT2D eigenvalue weighted by Crippen LogP contribution is -1.87.